The van der Waals surface area contributed by atoms with Gasteiger partial charge >= 0.3 is 0 Å². The molecule has 3 fully saturated rings. The molecule has 1 amide bonds. The highest BCUT2D eigenvalue weighted by Crippen LogP contribution is 2.49. The zero-order valence-corrected chi connectivity index (χ0v) is 19.5. The van der Waals surface area contributed by atoms with Gasteiger partial charge in [0.05, 0.1) is 30.4 Å². The number of aromatic nitrogens is 2. The van der Waals surface area contributed by atoms with Crippen LogP contribution >= 0.6 is 11.6 Å². The molecule has 0 spiro atoms. The lowest BCUT2D eigenvalue weighted by Crippen LogP contribution is -2.42. The monoisotopic (exact) mass is 472 g/mol. The zero-order valence-electron chi connectivity index (χ0n) is 18.8. The quantitative estimate of drug-likeness (QED) is 0.571. The Bertz CT molecular complexity index is 977. The third-order valence-electron chi connectivity index (χ3n) is 7.32. The highest BCUT2D eigenvalue weighted by atomic mass is 35.5. The fourth-order valence-electron chi connectivity index (χ4n) is 5.12. The number of ether oxygens (including phenoxy) is 1. The second-order valence-corrected chi connectivity index (χ2v) is 9.93. The number of piperidine rings is 1. The van der Waals surface area contributed by atoms with E-state index in [1.54, 1.807) is 24.5 Å². The van der Waals surface area contributed by atoms with Gasteiger partial charge in [0.25, 0.3) is 0 Å². The zero-order chi connectivity index (χ0) is 22.8. The lowest BCUT2D eigenvalue weighted by Gasteiger charge is -2.32. The summed E-state index contributed by atoms with van der Waals surface area (Å²) in [5, 5.41) is 0.560. The molecular weight excluding hydrogens is 443 g/mol. The van der Waals surface area contributed by atoms with Crippen LogP contribution < -0.4 is 9.64 Å². The van der Waals surface area contributed by atoms with Gasteiger partial charge < -0.3 is 14.5 Å². The number of likely N-dealkylation sites (tertiary alicyclic amines) is 1. The van der Waals surface area contributed by atoms with Crippen molar-refractivity contribution < 1.29 is 13.9 Å². The van der Waals surface area contributed by atoms with Crippen LogP contribution in [0.4, 0.5) is 10.3 Å². The van der Waals surface area contributed by atoms with Crippen LogP contribution in [0.15, 0.2) is 30.6 Å². The van der Waals surface area contributed by atoms with E-state index in [-0.39, 0.29) is 23.9 Å². The normalized spacial score (nSPS) is 22.7. The molecule has 3 aliphatic rings. The summed E-state index contributed by atoms with van der Waals surface area (Å²) in [6.45, 7) is 4.12. The van der Waals surface area contributed by atoms with Crippen LogP contribution in [-0.4, -0.2) is 53.6 Å². The van der Waals surface area contributed by atoms with Crippen molar-refractivity contribution in [3.8, 4) is 5.75 Å². The van der Waals surface area contributed by atoms with E-state index in [9.17, 15) is 9.18 Å². The van der Waals surface area contributed by atoms with Gasteiger partial charge in [0, 0.05) is 26.2 Å². The molecule has 8 heteroatoms. The van der Waals surface area contributed by atoms with E-state index >= 15 is 0 Å². The Hall–Kier alpha value is -2.41. The molecule has 1 aromatic carbocycles. The largest absolute Gasteiger partial charge is 0.491 e. The van der Waals surface area contributed by atoms with Crippen molar-refractivity contribution in [2.24, 2.45) is 17.8 Å². The average molecular weight is 473 g/mol. The van der Waals surface area contributed by atoms with Crippen molar-refractivity contribution in [2.45, 2.75) is 38.5 Å². The first kappa shape index (κ1) is 22.4. The number of halogens is 2. The number of carbonyl (C=O) groups excluding carboxylic acids is 1. The Kier molecular flexibility index (Phi) is 6.67. The summed E-state index contributed by atoms with van der Waals surface area (Å²) >= 11 is 5.88. The van der Waals surface area contributed by atoms with E-state index in [0.717, 1.165) is 69.6 Å². The third kappa shape index (κ3) is 5.40. The molecule has 176 valence electrons. The third-order valence-corrected chi connectivity index (χ3v) is 7.51. The minimum absolute atomic E-state index is 0.0700. The number of carbonyl (C=O) groups is 1. The molecule has 2 aliphatic heterocycles. The highest BCUT2D eigenvalue weighted by Gasteiger charge is 2.43. The predicted molar refractivity (Wildman–Crippen MR) is 125 cm³/mol. The van der Waals surface area contributed by atoms with Crippen molar-refractivity contribution in [3.63, 3.8) is 0 Å². The number of benzene rings is 1. The van der Waals surface area contributed by atoms with Crippen LogP contribution in [0.5, 0.6) is 5.75 Å². The first-order chi connectivity index (χ1) is 16.1. The van der Waals surface area contributed by atoms with Crippen molar-refractivity contribution in [1.29, 1.82) is 0 Å². The van der Waals surface area contributed by atoms with Gasteiger partial charge in [0.15, 0.2) is 11.6 Å². The number of hydrogen-bond donors (Lipinski definition) is 0. The molecular formula is C25H30ClFN4O2. The van der Waals surface area contributed by atoms with Crippen LogP contribution in [0.1, 0.15) is 37.7 Å². The second-order valence-electron chi connectivity index (χ2n) is 9.50. The number of hydrogen-bond acceptors (Lipinski definition) is 5. The summed E-state index contributed by atoms with van der Waals surface area (Å²) in [7, 11) is 0. The SMILES string of the molecule is O=C(Cc1ccc(OCCC2CC2C2CCN(c3ncc(Cl)cn3)CC2)c(F)c1)N1CCC1. The Balaban J connectivity index is 1.02. The highest BCUT2D eigenvalue weighted by molar-refractivity contribution is 6.30. The van der Waals surface area contributed by atoms with Crippen molar-refractivity contribution in [3.05, 3.63) is 47.0 Å². The van der Waals surface area contributed by atoms with Gasteiger partial charge in [-0.05, 0) is 67.6 Å². The maximum absolute atomic E-state index is 14.4. The maximum Gasteiger partial charge on any atom is 0.226 e. The van der Waals surface area contributed by atoms with Crippen LogP contribution in [0, 0.1) is 23.6 Å². The Labute approximate surface area is 199 Å². The molecule has 1 saturated carbocycles. The average Bonchev–Trinajstić information content (AvgIpc) is 3.54. The summed E-state index contributed by atoms with van der Waals surface area (Å²) in [4.78, 5) is 24.8. The first-order valence-corrected chi connectivity index (χ1v) is 12.4. The van der Waals surface area contributed by atoms with Gasteiger partial charge in [-0.3, -0.25) is 4.79 Å². The summed E-state index contributed by atoms with van der Waals surface area (Å²) < 4.78 is 20.2. The topological polar surface area (TPSA) is 58.6 Å². The number of rotatable bonds is 8. The lowest BCUT2D eigenvalue weighted by molar-refractivity contribution is -0.133. The molecule has 2 aromatic rings. The summed E-state index contributed by atoms with van der Waals surface area (Å²) in [6, 6.07) is 4.90. The Morgan fingerprint density at radius 1 is 1.15 bits per heavy atom. The van der Waals surface area contributed by atoms with Crippen LogP contribution in [0.3, 0.4) is 0 Å². The molecule has 2 unspecified atom stereocenters. The first-order valence-electron chi connectivity index (χ1n) is 12.0. The van der Waals surface area contributed by atoms with Crippen LogP contribution in [0.2, 0.25) is 5.02 Å². The van der Waals surface area contributed by atoms with Gasteiger partial charge in [-0.1, -0.05) is 17.7 Å². The standard InChI is InChI=1S/C25H30ClFN4O2/c26-20-15-28-25(29-16-20)31-9-4-18(5-10-31)21-14-19(21)6-11-33-23-3-2-17(12-22(23)27)13-24(32)30-7-1-8-30/h2-3,12,15-16,18-19,21H,1,4-11,13-14H2. The molecule has 1 aliphatic carbocycles. The van der Waals surface area contributed by atoms with Gasteiger partial charge in [-0.15, -0.1) is 0 Å². The van der Waals surface area contributed by atoms with E-state index in [1.807, 2.05) is 4.90 Å². The van der Waals surface area contributed by atoms with Gasteiger partial charge in [-0.25, -0.2) is 14.4 Å². The van der Waals surface area contributed by atoms with Gasteiger partial charge in [0.1, 0.15) is 0 Å². The van der Waals surface area contributed by atoms with Crippen LogP contribution in [0.25, 0.3) is 0 Å². The number of nitrogens with zero attached hydrogens (tertiary/aromatic N) is 4. The minimum Gasteiger partial charge on any atom is -0.491 e. The van der Waals surface area contributed by atoms with Crippen molar-refractivity contribution in [1.82, 2.24) is 14.9 Å². The van der Waals surface area contributed by atoms with Crippen molar-refractivity contribution >= 4 is 23.5 Å². The Morgan fingerprint density at radius 3 is 2.58 bits per heavy atom. The molecule has 2 atom stereocenters. The molecule has 2 saturated heterocycles. The summed E-state index contributed by atoms with van der Waals surface area (Å²) in [5.41, 5.74) is 0.703. The van der Waals surface area contributed by atoms with E-state index < -0.39 is 0 Å². The molecule has 1 aromatic heterocycles. The minimum atomic E-state index is -0.381. The van der Waals surface area contributed by atoms with E-state index in [0.29, 0.717) is 23.1 Å². The molecule has 33 heavy (non-hydrogen) atoms. The van der Waals surface area contributed by atoms with E-state index in [4.69, 9.17) is 16.3 Å². The van der Waals surface area contributed by atoms with E-state index in [1.165, 1.54) is 12.5 Å². The van der Waals surface area contributed by atoms with Crippen LogP contribution in [-0.2, 0) is 11.2 Å². The Morgan fingerprint density at radius 2 is 1.91 bits per heavy atom. The fraction of sp³-hybridized carbons (Fsp3) is 0.560. The number of anilines is 1. The molecule has 0 N–H and O–H groups in total. The molecule has 0 bridgehead atoms. The predicted octanol–water partition coefficient (Wildman–Crippen LogP) is 4.37. The van der Waals surface area contributed by atoms with E-state index in [2.05, 4.69) is 14.9 Å². The molecule has 6 nitrogen and oxygen atoms in total. The number of amides is 1. The molecule has 5 rings (SSSR count). The van der Waals surface area contributed by atoms with Gasteiger partial charge in [0.2, 0.25) is 11.9 Å². The second kappa shape index (κ2) is 9.84. The van der Waals surface area contributed by atoms with Gasteiger partial charge in [-0.2, -0.15) is 0 Å². The molecule has 3 heterocycles. The summed E-state index contributed by atoms with van der Waals surface area (Å²) in [6.07, 6.45) is 9.12. The molecule has 0 radical (unpaired) electrons. The summed E-state index contributed by atoms with van der Waals surface area (Å²) in [5.74, 6) is 2.89. The lowest BCUT2D eigenvalue weighted by atomic mass is 9.90. The fourth-order valence-corrected chi connectivity index (χ4v) is 5.22. The smallest absolute Gasteiger partial charge is 0.226 e. The maximum atomic E-state index is 14.4. The van der Waals surface area contributed by atoms with Crippen molar-refractivity contribution in [2.75, 3.05) is 37.7 Å².